The van der Waals surface area contributed by atoms with Crippen LogP contribution in [0.5, 0.6) is 0 Å². The molecule has 0 bridgehead atoms. The fourth-order valence-electron chi connectivity index (χ4n) is 0.776. The Morgan fingerprint density at radius 3 is 2.29 bits per heavy atom. The standard InChI is InChI=1S/C8H12IN3O2/c1-8(4-13,5-14)12-7-10-2-6(9)3-11-7/h2-3,13-14H,4-5H2,1H3,(H,10,11,12). The fraction of sp³-hybridized carbons (Fsp3) is 0.500. The van der Waals surface area contributed by atoms with E-state index in [-0.39, 0.29) is 13.2 Å². The first-order valence-electron chi connectivity index (χ1n) is 4.07. The maximum atomic E-state index is 9.02. The summed E-state index contributed by atoms with van der Waals surface area (Å²) in [5, 5.41) is 20.9. The number of anilines is 1. The van der Waals surface area contributed by atoms with Crippen LogP contribution in [0.3, 0.4) is 0 Å². The second-order valence-corrected chi connectivity index (χ2v) is 4.47. The monoisotopic (exact) mass is 309 g/mol. The van der Waals surface area contributed by atoms with E-state index >= 15 is 0 Å². The predicted octanol–water partition coefficient (Wildman–Crippen LogP) is 0.236. The van der Waals surface area contributed by atoms with Crippen molar-refractivity contribution in [2.75, 3.05) is 18.5 Å². The summed E-state index contributed by atoms with van der Waals surface area (Å²) in [6.45, 7) is 1.33. The van der Waals surface area contributed by atoms with Crippen molar-refractivity contribution >= 4 is 28.5 Å². The van der Waals surface area contributed by atoms with Crippen molar-refractivity contribution in [3.63, 3.8) is 0 Å². The molecule has 1 rings (SSSR count). The minimum Gasteiger partial charge on any atom is -0.394 e. The molecule has 14 heavy (non-hydrogen) atoms. The van der Waals surface area contributed by atoms with Crippen LogP contribution in [0.25, 0.3) is 0 Å². The number of hydrogen-bond acceptors (Lipinski definition) is 5. The molecule has 0 aliphatic carbocycles. The zero-order valence-corrected chi connectivity index (χ0v) is 9.89. The zero-order chi connectivity index (χ0) is 10.6. The number of halogens is 1. The maximum Gasteiger partial charge on any atom is 0.223 e. The van der Waals surface area contributed by atoms with Crippen molar-refractivity contribution < 1.29 is 10.2 Å². The van der Waals surface area contributed by atoms with Gasteiger partial charge in [-0.1, -0.05) is 0 Å². The summed E-state index contributed by atoms with van der Waals surface area (Å²) in [4.78, 5) is 8.01. The third-order valence-electron chi connectivity index (χ3n) is 1.73. The van der Waals surface area contributed by atoms with Crippen LogP contribution in [0.2, 0.25) is 0 Å². The van der Waals surface area contributed by atoms with Gasteiger partial charge in [0.1, 0.15) is 0 Å². The largest absolute Gasteiger partial charge is 0.394 e. The van der Waals surface area contributed by atoms with Gasteiger partial charge in [-0.2, -0.15) is 0 Å². The van der Waals surface area contributed by atoms with Gasteiger partial charge in [0, 0.05) is 16.0 Å². The van der Waals surface area contributed by atoms with Gasteiger partial charge in [0.25, 0.3) is 0 Å². The van der Waals surface area contributed by atoms with E-state index in [0.29, 0.717) is 5.95 Å². The Labute approximate surface area is 95.7 Å². The molecular weight excluding hydrogens is 297 g/mol. The molecule has 1 aromatic rings. The van der Waals surface area contributed by atoms with Crippen molar-refractivity contribution in [1.29, 1.82) is 0 Å². The number of aliphatic hydroxyl groups is 2. The SMILES string of the molecule is CC(CO)(CO)Nc1ncc(I)cn1. The Hall–Kier alpha value is -0.470. The van der Waals surface area contributed by atoms with Gasteiger partial charge in [-0.15, -0.1) is 0 Å². The van der Waals surface area contributed by atoms with E-state index in [2.05, 4.69) is 37.9 Å². The molecule has 0 radical (unpaired) electrons. The molecular formula is C8H12IN3O2. The van der Waals surface area contributed by atoms with Gasteiger partial charge >= 0.3 is 0 Å². The lowest BCUT2D eigenvalue weighted by Gasteiger charge is -2.25. The van der Waals surface area contributed by atoms with Crippen molar-refractivity contribution in [2.45, 2.75) is 12.5 Å². The number of aromatic nitrogens is 2. The highest BCUT2D eigenvalue weighted by atomic mass is 127. The molecule has 5 nitrogen and oxygen atoms in total. The quantitative estimate of drug-likeness (QED) is 0.694. The Balaban J connectivity index is 2.72. The lowest BCUT2D eigenvalue weighted by atomic mass is 10.1. The Morgan fingerprint density at radius 2 is 1.86 bits per heavy atom. The van der Waals surface area contributed by atoms with Gasteiger partial charge in [-0.25, -0.2) is 9.97 Å². The third-order valence-corrected chi connectivity index (χ3v) is 2.29. The fourth-order valence-corrected chi connectivity index (χ4v) is 1.05. The first kappa shape index (κ1) is 11.6. The molecule has 0 atom stereocenters. The van der Waals surface area contributed by atoms with Gasteiger partial charge in [0.05, 0.1) is 18.8 Å². The van der Waals surface area contributed by atoms with Gasteiger partial charge in [-0.05, 0) is 29.5 Å². The highest BCUT2D eigenvalue weighted by molar-refractivity contribution is 14.1. The van der Waals surface area contributed by atoms with E-state index in [4.69, 9.17) is 10.2 Å². The van der Waals surface area contributed by atoms with Crippen LogP contribution < -0.4 is 5.32 Å². The van der Waals surface area contributed by atoms with Crippen LogP contribution in [0, 0.1) is 3.57 Å². The first-order chi connectivity index (χ1) is 6.59. The number of rotatable bonds is 4. The molecule has 0 spiro atoms. The molecule has 0 saturated carbocycles. The van der Waals surface area contributed by atoms with Crippen molar-refractivity contribution in [1.82, 2.24) is 9.97 Å². The van der Waals surface area contributed by atoms with Crippen LogP contribution in [0.15, 0.2) is 12.4 Å². The van der Waals surface area contributed by atoms with Gasteiger partial charge in [0.2, 0.25) is 5.95 Å². The van der Waals surface area contributed by atoms with Crippen LogP contribution in [0.4, 0.5) is 5.95 Å². The minimum absolute atomic E-state index is 0.182. The smallest absolute Gasteiger partial charge is 0.223 e. The highest BCUT2D eigenvalue weighted by Gasteiger charge is 2.22. The molecule has 78 valence electrons. The topological polar surface area (TPSA) is 78.3 Å². The van der Waals surface area contributed by atoms with Crippen LogP contribution in [0.1, 0.15) is 6.92 Å². The lowest BCUT2D eigenvalue weighted by molar-refractivity contribution is 0.147. The maximum absolute atomic E-state index is 9.02. The lowest BCUT2D eigenvalue weighted by Crippen LogP contribution is -2.43. The molecule has 0 aromatic carbocycles. The van der Waals surface area contributed by atoms with E-state index in [9.17, 15) is 0 Å². The highest BCUT2D eigenvalue weighted by Crippen LogP contribution is 2.10. The third kappa shape index (κ3) is 3.03. The summed E-state index contributed by atoms with van der Waals surface area (Å²) < 4.78 is 0.933. The number of aliphatic hydroxyl groups excluding tert-OH is 2. The zero-order valence-electron chi connectivity index (χ0n) is 7.74. The average molecular weight is 309 g/mol. The Bertz CT molecular complexity index is 287. The molecule has 0 aliphatic rings. The van der Waals surface area contributed by atoms with Crippen LogP contribution in [-0.2, 0) is 0 Å². The summed E-state index contributed by atoms with van der Waals surface area (Å²) in [5.41, 5.74) is -0.785. The van der Waals surface area contributed by atoms with Crippen LogP contribution in [-0.4, -0.2) is 38.9 Å². The molecule has 0 amide bonds. The molecule has 0 unspecified atom stereocenters. The Kier molecular flexibility index (Phi) is 4.02. The van der Waals surface area contributed by atoms with E-state index < -0.39 is 5.54 Å². The molecule has 1 aromatic heterocycles. The van der Waals surface area contributed by atoms with Crippen molar-refractivity contribution in [2.24, 2.45) is 0 Å². The van der Waals surface area contributed by atoms with E-state index in [0.717, 1.165) is 3.57 Å². The van der Waals surface area contributed by atoms with Crippen molar-refractivity contribution in [3.05, 3.63) is 16.0 Å². The summed E-state index contributed by atoms with van der Waals surface area (Å²) in [5.74, 6) is 0.399. The molecule has 0 fully saturated rings. The minimum atomic E-state index is -0.785. The number of nitrogens with zero attached hydrogens (tertiary/aromatic N) is 2. The second-order valence-electron chi connectivity index (χ2n) is 3.23. The normalized spacial score (nSPS) is 11.4. The van der Waals surface area contributed by atoms with Crippen LogP contribution >= 0.6 is 22.6 Å². The van der Waals surface area contributed by atoms with Gasteiger partial charge in [0.15, 0.2) is 0 Å². The summed E-state index contributed by atoms with van der Waals surface area (Å²) in [6, 6.07) is 0. The first-order valence-corrected chi connectivity index (χ1v) is 5.15. The van der Waals surface area contributed by atoms with E-state index in [1.807, 2.05) is 0 Å². The molecule has 6 heteroatoms. The molecule has 0 aliphatic heterocycles. The number of nitrogens with one attached hydrogen (secondary N) is 1. The number of hydrogen-bond donors (Lipinski definition) is 3. The summed E-state index contributed by atoms with van der Waals surface area (Å²) in [6.07, 6.45) is 3.32. The average Bonchev–Trinajstić information content (AvgIpc) is 2.21. The predicted molar refractivity (Wildman–Crippen MR) is 60.9 cm³/mol. The summed E-state index contributed by atoms with van der Waals surface area (Å²) in [7, 11) is 0. The second kappa shape index (κ2) is 4.85. The molecule has 1 heterocycles. The molecule has 3 N–H and O–H groups in total. The molecule has 0 saturated heterocycles. The Morgan fingerprint density at radius 1 is 1.36 bits per heavy atom. The summed E-state index contributed by atoms with van der Waals surface area (Å²) >= 11 is 2.10. The van der Waals surface area contributed by atoms with Gasteiger partial charge < -0.3 is 15.5 Å². The van der Waals surface area contributed by atoms with E-state index in [1.165, 1.54) is 0 Å². The van der Waals surface area contributed by atoms with Crippen molar-refractivity contribution in [3.8, 4) is 0 Å². The van der Waals surface area contributed by atoms with Gasteiger partial charge in [-0.3, -0.25) is 0 Å². The van der Waals surface area contributed by atoms with E-state index in [1.54, 1.807) is 19.3 Å².